The molecule has 2 heteroatoms. The van der Waals surface area contributed by atoms with Crippen LogP contribution in [0.5, 0.6) is 0 Å². The summed E-state index contributed by atoms with van der Waals surface area (Å²) in [6.07, 6.45) is 8.50. The first-order valence-corrected chi connectivity index (χ1v) is 5.39. The third-order valence-electron chi connectivity index (χ3n) is 1.95. The van der Waals surface area contributed by atoms with E-state index in [-0.39, 0.29) is 21.7 Å². The van der Waals surface area contributed by atoms with Gasteiger partial charge in [-0.15, -0.1) is 0 Å². The smallest absolute Gasteiger partial charge is 0.0518 e. The van der Waals surface area contributed by atoms with E-state index in [9.17, 15) is 0 Å². The zero-order valence-corrected chi connectivity index (χ0v) is 11.0. The summed E-state index contributed by atoms with van der Waals surface area (Å²) in [6, 6.07) is 0. The fourth-order valence-corrected chi connectivity index (χ4v) is 1.20. The molecule has 78 valence electrons. The van der Waals surface area contributed by atoms with Gasteiger partial charge in [0.05, 0.1) is 6.10 Å². The molecule has 0 heterocycles. The van der Waals surface area contributed by atoms with Gasteiger partial charge in [-0.3, -0.25) is 0 Å². The van der Waals surface area contributed by atoms with Gasteiger partial charge in [-0.1, -0.05) is 39.0 Å². The minimum atomic E-state index is 0. The molecule has 0 aliphatic rings. The standard InChI is InChI=1S/C11H24O.Ti/c1-4-5-6-7-8-9-10-12-11(2)3;/h11H,4-10H2,1-3H3;. The molecule has 0 aromatic carbocycles. The van der Waals surface area contributed by atoms with Crippen molar-refractivity contribution < 1.29 is 26.5 Å². The number of ether oxygens (including phenoxy) is 1. The molecule has 0 aromatic heterocycles. The molecule has 0 atom stereocenters. The molecular weight excluding hydrogens is 196 g/mol. The SMILES string of the molecule is CCCCCCCCOC(C)C.[Ti]. The minimum absolute atomic E-state index is 0. The molecule has 0 aliphatic heterocycles. The molecule has 0 aromatic rings. The van der Waals surface area contributed by atoms with E-state index in [0.29, 0.717) is 6.10 Å². The number of rotatable bonds is 8. The third kappa shape index (κ3) is 15.4. The molecule has 0 aliphatic carbocycles. The minimum Gasteiger partial charge on any atom is -0.379 e. The Hall–Kier alpha value is 0.674. The van der Waals surface area contributed by atoms with E-state index in [2.05, 4.69) is 20.8 Å². The van der Waals surface area contributed by atoms with Crippen molar-refractivity contribution in [3.8, 4) is 0 Å². The molecule has 1 nitrogen and oxygen atoms in total. The zero-order chi connectivity index (χ0) is 9.23. The van der Waals surface area contributed by atoms with Crippen LogP contribution in [0.2, 0.25) is 0 Å². The van der Waals surface area contributed by atoms with Crippen LogP contribution in [-0.2, 0) is 26.5 Å². The summed E-state index contributed by atoms with van der Waals surface area (Å²) < 4.78 is 5.45. The van der Waals surface area contributed by atoms with Gasteiger partial charge in [0.2, 0.25) is 0 Å². The Balaban J connectivity index is 0. The van der Waals surface area contributed by atoms with Crippen LogP contribution in [0.4, 0.5) is 0 Å². The first kappa shape index (κ1) is 16.1. The van der Waals surface area contributed by atoms with Gasteiger partial charge in [-0.25, -0.2) is 0 Å². The summed E-state index contributed by atoms with van der Waals surface area (Å²) in [6.45, 7) is 7.39. The van der Waals surface area contributed by atoms with Crippen molar-refractivity contribution in [2.24, 2.45) is 0 Å². The average molecular weight is 220 g/mol. The van der Waals surface area contributed by atoms with Crippen LogP contribution in [0.3, 0.4) is 0 Å². The van der Waals surface area contributed by atoms with Crippen LogP contribution in [-0.4, -0.2) is 12.7 Å². The molecule has 0 saturated heterocycles. The van der Waals surface area contributed by atoms with Crippen molar-refractivity contribution in [3.05, 3.63) is 0 Å². The number of hydrogen-bond acceptors (Lipinski definition) is 1. The summed E-state index contributed by atoms with van der Waals surface area (Å²) in [5.41, 5.74) is 0. The van der Waals surface area contributed by atoms with E-state index in [0.717, 1.165) is 6.61 Å². The maximum atomic E-state index is 5.45. The van der Waals surface area contributed by atoms with Crippen molar-refractivity contribution in [2.45, 2.75) is 65.4 Å². The van der Waals surface area contributed by atoms with Gasteiger partial charge in [-0.05, 0) is 20.3 Å². The van der Waals surface area contributed by atoms with Crippen molar-refractivity contribution in [1.82, 2.24) is 0 Å². The first-order chi connectivity index (χ1) is 5.77. The van der Waals surface area contributed by atoms with Crippen LogP contribution in [0.15, 0.2) is 0 Å². The molecule has 0 fully saturated rings. The molecule has 13 heavy (non-hydrogen) atoms. The second-order valence-corrected chi connectivity index (χ2v) is 3.69. The van der Waals surface area contributed by atoms with E-state index in [1.807, 2.05) is 0 Å². The number of unbranched alkanes of at least 4 members (excludes halogenated alkanes) is 5. The topological polar surface area (TPSA) is 9.23 Å². The van der Waals surface area contributed by atoms with Gasteiger partial charge >= 0.3 is 0 Å². The van der Waals surface area contributed by atoms with E-state index in [1.54, 1.807) is 0 Å². The summed E-state index contributed by atoms with van der Waals surface area (Å²) in [5, 5.41) is 0. The van der Waals surface area contributed by atoms with Crippen LogP contribution in [0.25, 0.3) is 0 Å². The van der Waals surface area contributed by atoms with Gasteiger partial charge in [0.1, 0.15) is 0 Å². The molecule has 0 N–H and O–H groups in total. The van der Waals surface area contributed by atoms with Gasteiger partial charge in [0.15, 0.2) is 0 Å². The van der Waals surface area contributed by atoms with Crippen molar-refractivity contribution in [3.63, 3.8) is 0 Å². The van der Waals surface area contributed by atoms with Crippen LogP contribution < -0.4 is 0 Å². The van der Waals surface area contributed by atoms with E-state index in [4.69, 9.17) is 4.74 Å². The maximum absolute atomic E-state index is 5.45. The van der Waals surface area contributed by atoms with Crippen molar-refractivity contribution >= 4 is 0 Å². The normalized spacial score (nSPS) is 10.2. The molecule has 0 spiro atoms. The Bertz CT molecular complexity index is 84.2. The Morgan fingerprint density at radius 1 is 0.923 bits per heavy atom. The average Bonchev–Trinajstić information content (AvgIpc) is 2.02. The molecule has 0 saturated carbocycles. The third-order valence-corrected chi connectivity index (χ3v) is 1.95. The Morgan fingerprint density at radius 2 is 1.46 bits per heavy atom. The van der Waals surface area contributed by atoms with Crippen LogP contribution in [0, 0.1) is 0 Å². The molecule has 0 unspecified atom stereocenters. The second kappa shape index (κ2) is 12.7. The fourth-order valence-electron chi connectivity index (χ4n) is 1.20. The predicted octanol–water partition coefficient (Wildman–Crippen LogP) is 3.77. The summed E-state index contributed by atoms with van der Waals surface area (Å²) in [4.78, 5) is 0. The van der Waals surface area contributed by atoms with Gasteiger partial charge in [0, 0.05) is 28.3 Å². The van der Waals surface area contributed by atoms with E-state index in [1.165, 1.54) is 38.5 Å². The fraction of sp³-hybridized carbons (Fsp3) is 1.00. The largest absolute Gasteiger partial charge is 0.379 e. The zero-order valence-electron chi connectivity index (χ0n) is 9.44. The predicted molar refractivity (Wildman–Crippen MR) is 54.5 cm³/mol. The Kier molecular flexibility index (Phi) is 15.7. The second-order valence-electron chi connectivity index (χ2n) is 3.69. The van der Waals surface area contributed by atoms with Crippen molar-refractivity contribution in [1.29, 1.82) is 0 Å². The molecular formula is C11H24OTi. The van der Waals surface area contributed by atoms with Crippen LogP contribution in [0.1, 0.15) is 59.3 Å². The van der Waals surface area contributed by atoms with Crippen molar-refractivity contribution in [2.75, 3.05) is 6.61 Å². The van der Waals surface area contributed by atoms with Gasteiger partial charge < -0.3 is 4.74 Å². The Labute approximate surface area is 98.5 Å². The Morgan fingerprint density at radius 3 is 2.00 bits per heavy atom. The van der Waals surface area contributed by atoms with E-state index >= 15 is 0 Å². The molecule has 0 amide bonds. The van der Waals surface area contributed by atoms with Gasteiger partial charge in [0.25, 0.3) is 0 Å². The maximum Gasteiger partial charge on any atom is 0.0518 e. The van der Waals surface area contributed by atoms with Gasteiger partial charge in [-0.2, -0.15) is 0 Å². The summed E-state index contributed by atoms with van der Waals surface area (Å²) in [5.74, 6) is 0. The number of hydrogen-bond donors (Lipinski definition) is 0. The quantitative estimate of drug-likeness (QED) is 0.447. The molecule has 0 rings (SSSR count). The summed E-state index contributed by atoms with van der Waals surface area (Å²) in [7, 11) is 0. The van der Waals surface area contributed by atoms with Crippen LogP contribution >= 0.6 is 0 Å². The first-order valence-electron chi connectivity index (χ1n) is 5.39. The molecule has 0 radical (unpaired) electrons. The summed E-state index contributed by atoms with van der Waals surface area (Å²) >= 11 is 0. The molecule has 0 bridgehead atoms. The monoisotopic (exact) mass is 220 g/mol. The van der Waals surface area contributed by atoms with E-state index < -0.39 is 0 Å².